The third kappa shape index (κ3) is 3.01. The summed E-state index contributed by atoms with van der Waals surface area (Å²) < 4.78 is 0. The van der Waals surface area contributed by atoms with E-state index in [2.05, 4.69) is 31.0 Å². The molecule has 0 spiro atoms. The lowest BCUT2D eigenvalue weighted by Crippen LogP contribution is -2.53. The molecule has 2 nitrogen and oxygen atoms in total. The van der Waals surface area contributed by atoms with Gasteiger partial charge in [-0.2, -0.15) is 0 Å². The van der Waals surface area contributed by atoms with Crippen molar-refractivity contribution in [1.82, 2.24) is 5.32 Å². The number of piperidine rings is 1. The highest BCUT2D eigenvalue weighted by atomic mass is 35.5. The second-order valence-electron chi connectivity index (χ2n) is 5.32. The van der Waals surface area contributed by atoms with Gasteiger partial charge >= 0.3 is 0 Å². The van der Waals surface area contributed by atoms with Crippen molar-refractivity contribution in [2.45, 2.75) is 39.3 Å². The Kier molecular flexibility index (Phi) is 4.99. The minimum absolute atomic E-state index is 0.426. The molecular weight excluding hydrogens is 279 g/mol. The molecule has 1 fully saturated rings. The van der Waals surface area contributed by atoms with Gasteiger partial charge in [-0.3, -0.25) is 0 Å². The number of hydrogen-bond acceptors (Lipinski definition) is 2. The molecule has 1 aromatic rings. The highest BCUT2D eigenvalue weighted by Gasteiger charge is 2.33. The van der Waals surface area contributed by atoms with Crippen molar-refractivity contribution in [3.8, 4) is 0 Å². The topological polar surface area (TPSA) is 15.3 Å². The van der Waals surface area contributed by atoms with Crippen LogP contribution in [0.1, 0.15) is 27.2 Å². The van der Waals surface area contributed by atoms with Crippen LogP contribution in [0, 0.1) is 5.92 Å². The minimum Gasteiger partial charge on any atom is -0.366 e. The average Bonchev–Trinajstić information content (AvgIpc) is 2.37. The van der Waals surface area contributed by atoms with E-state index in [4.69, 9.17) is 23.2 Å². The van der Waals surface area contributed by atoms with Crippen molar-refractivity contribution >= 4 is 28.9 Å². The summed E-state index contributed by atoms with van der Waals surface area (Å²) in [5.74, 6) is 0.570. The summed E-state index contributed by atoms with van der Waals surface area (Å²) in [5.41, 5.74) is 0.986. The van der Waals surface area contributed by atoms with Crippen molar-refractivity contribution in [1.29, 1.82) is 0 Å². The van der Waals surface area contributed by atoms with Crippen molar-refractivity contribution in [2.75, 3.05) is 18.0 Å². The van der Waals surface area contributed by atoms with E-state index >= 15 is 0 Å². The number of hydrogen-bond donors (Lipinski definition) is 1. The zero-order valence-electron chi connectivity index (χ0n) is 11.8. The molecule has 0 bridgehead atoms. The first-order valence-electron chi connectivity index (χ1n) is 7.00. The van der Waals surface area contributed by atoms with Crippen LogP contribution >= 0.6 is 23.2 Å². The maximum Gasteiger partial charge on any atom is 0.0747 e. The van der Waals surface area contributed by atoms with E-state index in [0.29, 0.717) is 18.0 Å². The largest absolute Gasteiger partial charge is 0.366 e. The zero-order chi connectivity index (χ0) is 14.0. The second kappa shape index (κ2) is 6.34. The van der Waals surface area contributed by atoms with Crippen LogP contribution < -0.4 is 10.2 Å². The molecule has 0 aliphatic carbocycles. The molecule has 19 heavy (non-hydrogen) atoms. The predicted octanol–water partition coefficient (Wildman–Crippen LogP) is 4.21. The van der Waals surface area contributed by atoms with Crippen LogP contribution in [0.3, 0.4) is 0 Å². The summed E-state index contributed by atoms with van der Waals surface area (Å²) in [6.45, 7) is 8.73. The Bertz CT molecular complexity index is 416. The van der Waals surface area contributed by atoms with Crippen LogP contribution in [0.25, 0.3) is 0 Å². The zero-order valence-corrected chi connectivity index (χ0v) is 13.3. The predicted molar refractivity (Wildman–Crippen MR) is 84.5 cm³/mol. The Hall–Kier alpha value is -0.440. The van der Waals surface area contributed by atoms with E-state index in [-0.39, 0.29) is 0 Å². The van der Waals surface area contributed by atoms with Crippen LogP contribution in [-0.4, -0.2) is 25.2 Å². The molecule has 0 amide bonds. The number of rotatable bonds is 3. The molecule has 1 aromatic carbocycles. The Balaban J connectivity index is 2.23. The minimum atomic E-state index is 0.426. The van der Waals surface area contributed by atoms with Crippen LogP contribution in [0.5, 0.6) is 0 Å². The summed E-state index contributed by atoms with van der Waals surface area (Å²) in [5, 5.41) is 5.06. The van der Waals surface area contributed by atoms with E-state index in [1.54, 1.807) is 0 Å². The van der Waals surface area contributed by atoms with Gasteiger partial charge in [0.25, 0.3) is 0 Å². The standard InChI is InChI=1S/C15H22Cl2N2/c1-4-18-14-8-9-19(11(3)10(14)2)15-12(16)6-5-7-13(15)17/h5-7,10-11,14,18H,4,8-9H2,1-3H3. The van der Waals surface area contributed by atoms with E-state index < -0.39 is 0 Å². The molecular formula is C15H22Cl2N2. The molecule has 106 valence electrons. The first-order chi connectivity index (χ1) is 9.06. The molecule has 1 aliphatic rings. The monoisotopic (exact) mass is 300 g/mol. The maximum atomic E-state index is 6.33. The number of anilines is 1. The van der Waals surface area contributed by atoms with Gasteiger partial charge in [-0.1, -0.05) is 43.1 Å². The van der Waals surface area contributed by atoms with E-state index in [0.717, 1.165) is 35.2 Å². The molecule has 2 rings (SSSR count). The summed E-state index contributed by atoms with van der Waals surface area (Å²) in [7, 11) is 0. The molecule has 3 atom stereocenters. The lowest BCUT2D eigenvalue weighted by atomic mass is 9.86. The molecule has 0 saturated carbocycles. The van der Waals surface area contributed by atoms with Gasteiger partial charge in [0.1, 0.15) is 0 Å². The second-order valence-corrected chi connectivity index (χ2v) is 6.13. The van der Waals surface area contributed by atoms with Crippen LogP contribution in [0.4, 0.5) is 5.69 Å². The van der Waals surface area contributed by atoms with E-state index in [9.17, 15) is 0 Å². The van der Waals surface area contributed by atoms with Gasteiger partial charge in [0, 0.05) is 18.6 Å². The Morgan fingerprint density at radius 1 is 1.26 bits per heavy atom. The van der Waals surface area contributed by atoms with E-state index in [1.165, 1.54) is 0 Å². The molecule has 1 heterocycles. The van der Waals surface area contributed by atoms with Crippen molar-refractivity contribution in [3.05, 3.63) is 28.2 Å². The summed E-state index contributed by atoms with van der Waals surface area (Å²) in [6, 6.07) is 6.73. The highest BCUT2D eigenvalue weighted by molar-refractivity contribution is 6.39. The molecule has 1 aliphatic heterocycles. The molecule has 1 N–H and O–H groups in total. The number of nitrogens with one attached hydrogen (secondary N) is 1. The molecule has 3 unspecified atom stereocenters. The Labute approximate surface area is 126 Å². The number of nitrogens with zero attached hydrogens (tertiary/aromatic N) is 1. The lowest BCUT2D eigenvalue weighted by molar-refractivity contribution is 0.274. The summed E-state index contributed by atoms with van der Waals surface area (Å²) in [6.07, 6.45) is 1.13. The Morgan fingerprint density at radius 3 is 2.47 bits per heavy atom. The quantitative estimate of drug-likeness (QED) is 0.900. The fourth-order valence-corrected chi connectivity index (χ4v) is 3.61. The summed E-state index contributed by atoms with van der Waals surface area (Å²) >= 11 is 12.7. The van der Waals surface area contributed by atoms with Crippen LogP contribution in [0.15, 0.2) is 18.2 Å². The van der Waals surface area contributed by atoms with Crippen molar-refractivity contribution in [2.24, 2.45) is 5.92 Å². The first kappa shape index (κ1) is 15.0. The van der Waals surface area contributed by atoms with Gasteiger partial charge in [0.05, 0.1) is 15.7 Å². The highest BCUT2D eigenvalue weighted by Crippen LogP contribution is 2.38. The number of para-hydroxylation sites is 1. The van der Waals surface area contributed by atoms with Crippen LogP contribution in [-0.2, 0) is 0 Å². The van der Waals surface area contributed by atoms with Crippen LogP contribution in [0.2, 0.25) is 10.0 Å². The van der Waals surface area contributed by atoms with E-state index in [1.807, 2.05) is 18.2 Å². The van der Waals surface area contributed by atoms with Gasteiger partial charge < -0.3 is 10.2 Å². The fraction of sp³-hybridized carbons (Fsp3) is 0.600. The van der Waals surface area contributed by atoms with Gasteiger partial charge in [-0.05, 0) is 37.9 Å². The summed E-state index contributed by atoms with van der Waals surface area (Å²) in [4.78, 5) is 2.35. The fourth-order valence-electron chi connectivity index (χ4n) is 2.99. The average molecular weight is 301 g/mol. The SMILES string of the molecule is CCNC1CCN(c2c(Cl)cccc2Cl)C(C)C1C. The molecule has 1 saturated heterocycles. The van der Waals surface area contributed by atoms with Crippen molar-refractivity contribution < 1.29 is 0 Å². The van der Waals surface area contributed by atoms with Gasteiger partial charge in [0.2, 0.25) is 0 Å². The molecule has 0 aromatic heterocycles. The molecule has 4 heteroatoms. The van der Waals surface area contributed by atoms with Crippen molar-refractivity contribution in [3.63, 3.8) is 0 Å². The maximum absolute atomic E-state index is 6.33. The first-order valence-corrected chi connectivity index (χ1v) is 7.75. The third-order valence-electron chi connectivity index (χ3n) is 4.26. The van der Waals surface area contributed by atoms with Gasteiger partial charge in [-0.15, -0.1) is 0 Å². The Morgan fingerprint density at radius 2 is 1.89 bits per heavy atom. The smallest absolute Gasteiger partial charge is 0.0747 e. The lowest BCUT2D eigenvalue weighted by Gasteiger charge is -2.44. The number of benzene rings is 1. The normalized spacial score (nSPS) is 27.6. The van der Waals surface area contributed by atoms with Gasteiger partial charge in [0.15, 0.2) is 0 Å². The molecule has 0 radical (unpaired) electrons. The number of halogens is 2. The van der Waals surface area contributed by atoms with Gasteiger partial charge in [-0.25, -0.2) is 0 Å². The third-order valence-corrected chi connectivity index (χ3v) is 4.87.